The van der Waals surface area contributed by atoms with Crippen LogP contribution >= 0.6 is 0 Å². The lowest BCUT2D eigenvalue weighted by molar-refractivity contribution is -0.142. The first-order chi connectivity index (χ1) is 10.1. The summed E-state index contributed by atoms with van der Waals surface area (Å²) in [5.74, 6) is -0.991. The number of ether oxygens (including phenoxy) is 1. The van der Waals surface area contributed by atoms with Crippen LogP contribution in [0.25, 0.3) is 0 Å². The summed E-state index contributed by atoms with van der Waals surface area (Å²) in [6.07, 6.45) is 2.73. The SMILES string of the molecule is COC(=O)Nc1cccc(NC2CCCC(C(=O)O)C2)c1. The molecule has 1 aliphatic rings. The van der Waals surface area contributed by atoms with Crippen LogP contribution in [-0.2, 0) is 9.53 Å². The second-order valence-corrected chi connectivity index (χ2v) is 5.24. The van der Waals surface area contributed by atoms with Crippen LogP contribution in [-0.4, -0.2) is 30.3 Å². The number of carboxylic acid groups (broad SMARTS) is 1. The summed E-state index contributed by atoms with van der Waals surface area (Å²) < 4.78 is 4.55. The molecule has 2 atom stereocenters. The second kappa shape index (κ2) is 6.97. The fourth-order valence-electron chi connectivity index (χ4n) is 2.64. The predicted octanol–water partition coefficient (Wildman–Crippen LogP) is 2.92. The van der Waals surface area contributed by atoms with Crippen molar-refractivity contribution in [1.29, 1.82) is 0 Å². The lowest BCUT2D eigenvalue weighted by Crippen LogP contribution is -2.30. The van der Waals surface area contributed by atoms with Gasteiger partial charge < -0.3 is 15.2 Å². The Hall–Kier alpha value is -2.24. The molecule has 0 saturated heterocycles. The number of carbonyl (C=O) groups excluding carboxylic acids is 1. The quantitative estimate of drug-likeness (QED) is 0.794. The summed E-state index contributed by atoms with van der Waals surface area (Å²) in [7, 11) is 1.31. The maximum Gasteiger partial charge on any atom is 0.411 e. The van der Waals surface area contributed by atoms with E-state index in [4.69, 9.17) is 5.11 Å². The molecule has 114 valence electrons. The van der Waals surface area contributed by atoms with E-state index in [-0.39, 0.29) is 12.0 Å². The summed E-state index contributed by atoms with van der Waals surface area (Å²) in [6, 6.07) is 7.44. The van der Waals surface area contributed by atoms with E-state index in [2.05, 4.69) is 15.4 Å². The molecular formula is C15H20N2O4. The van der Waals surface area contributed by atoms with Gasteiger partial charge in [-0.1, -0.05) is 12.5 Å². The molecule has 2 unspecified atom stereocenters. The zero-order valence-corrected chi connectivity index (χ0v) is 12.0. The van der Waals surface area contributed by atoms with Crippen molar-refractivity contribution in [2.45, 2.75) is 31.7 Å². The lowest BCUT2D eigenvalue weighted by atomic mass is 9.85. The van der Waals surface area contributed by atoms with Gasteiger partial charge in [0.15, 0.2) is 0 Å². The number of hydrogen-bond donors (Lipinski definition) is 3. The van der Waals surface area contributed by atoms with Crippen LogP contribution in [0.3, 0.4) is 0 Å². The van der Waals surface area contributed by atoms with E-state index < -0.39 is 12.1 Å². The minimum atomic E-state index is -0.720. The van der Waals surface area contributed by atoms with Crippen molar-refractivity contribution in [2.24, 2.45) is 5.92 Å². The third kappa shape index (κ3) is 4.37. The van der Waals surface area contributed by atoms with Gasteiger partial charge in [0.05, 0.1) is 13.0 Å². The highest BCUT2D eigenvalue weighted by atomic mass is 16.5. The number of carbonyl (C=O) groups is 2. The number of amides is 1. The fourth-order valence-corrected chi connectivity index (χ4v) is 2.64. The monoisotopic (exact) mass is 292 g/mol. The number of nitrogens with one attached hydrogen (secondary N) is 2. The normalized spacial score (nSPS) is 21.4. The van der Waals surface area contributed by atoms with Gasteiger partial charge in [0.25, 0.3) is 0 Å². The van der Waals surface area contributed by atoms with Gasteiger partial charge in [0.2, 0.25) is 0 Å². The lowest BCUT2D eigenvalue weighted by Gasteiger charge is -2.28. The second-order valence-electron chi connectivity index (χ2n) is 5.24. The van der Waals surface area contributed by atoms with E-state index in [1.165, 1.54) is 7.11 Å². The number of hydrogen-bond acceptors (Lipinski definition) is 4. The van der Waals surface area contributed by atoms with E-state index >= 15 is 0 Å². The summed E-state index contributed by atoms with van der Waals surface area (Å²) in [5, 5.41) is 15.0. The van der Waals surface area contributed by atoms with Crippen LogP contribution in [0.5, 0.6) is 0 Å². The smallest absolute Gasteiger partial charge is 0.411 e. The predicted molar refractivity (Wildman–Crippen MR) is 79.5 cm³/mol. The van der Waals surface area contributed by atoms with E-state index in [1.54, 1.807) is 12.1 Å². The molecule has 21 heavy (non-hydrogen) atoms. The van der Waals surface area contributed by atoms with Gasteiger partial charge in [0.1, 0.15) is 0 Å². The molecule has 1 amide bonds. The number of methoxy groups -OCH3 is 1. The Bertz CT molecular complexity index is 518. The van der Waals surface area contributed by atoms with Crippen LogP contribution in [0, 0.1) is 5.92 Å². The summed E-state index contributed by atoms with van der Waals surface area (Å²) in [6.45, 7) is 0. The molecule has 1 aromatic rings. The molecule has 1 aromatic carbocycles. The Morgan fingerprint density at radius 2 is 2.05 bits per heavy atom. The molecule has 0 radical (unpaired) electrons. The van der Waals surface area contributed by atoms with E-state index in [0.29, 0.717) is 12.1 Å². The molecule has 1 saturated carbocycles. The zero-order valence-electron chi connectivity index (χ0n) is 12.0. The number of rotatable bonds is 4. The first-order valence-corrected chi connectivity index (χ1v) is 7.03. The average Bonchev–Trinajstić information content (AvgIpc) is 2.47. The topological polar surface area (TPSA) is 87.7 Å². The highest BCUT2D eigenvalue weighted by Crippen LogP contribution is 2.27. The Balaban J connectivity index is 1.97. The molecule has 1 aliphatic carbocycles. The van der Waals surface area contributed by atoms with Gasteiger partial charge in [0, 0.05) is 17.4 Å². The first kappa shape index (κ1) is 15.2. The standard InChI is InChI=1S/C15H20N2O4/c1-21-15(20)17-13-7-3-6-12(9-13)16-11-5-2-4-10(8-11)14(18)19/h3,6-7,9-11,16H,2,4-5,8H2,1H3,(H,17,20)(H,18,19). The van der Waals surface area contributed by atoms with Crippen molar-refractivity contribution < 1.29 is 19.4 Å². The van der Waals surface area contributed by atoms with Gasteiger partial charge >= 0.3 is 12.1 Å². The van der Waals surface area contributed by atoms with Gasteiger partial charge in [-0.15, -0.1) is 0 Å². The molecule has 2 rings (SSSR count). The van der Waals surface area contributed by atoms with E-state index in [9.17, 15) is 9.59 Å². The van der Waals surface area contributed by atoms with Gasteiger partial charge in [-0.25, -0.2) is 4.79 Å². The molecule has 1 fully saturated rings. The summed E-state index contributed by atoms with van der Waals surface area (Å²) in [5.41, 5.74) is 1.50. The number of anilines is 2. The third-order valence-electron chi connectivity index (χ3n) is 3.69. The molecule has 0 aliphatic heterocycles. The highest BCUT2D eigenvalue weighted by molar-refractivity contribution is 5.85. The molecular weight excluding hydrogens is 272 g/mol. The largest absolute Gasteiger partial charge is 0.481 e. The first-order valence-electron chi connectivity index (χ1n) is 7.03. The summed E-state index contributed by atoms with van der Waals surface area (Å²) >= 11 is 0. The van der Waals surface area contributed by atoms with Crippen molar-refractivity contribution in [3.05, 3.63) is 24.3 Å². The van der Waals surface area contributed by atoms with Crippen molar-refractivity contribution in [1.82, 2.24) is 0 Å². The molecule has 0 spiro atoms. The van der Waals surface area contributed by atoms with Crippen molar-refractivity contribution in [3.63, 3.8) is 0 Å². The zero-order chi connectivity index (χ0) is 15.2. The molecule has 0 heterocycles. The fraction of sp³-hybridized carbons (Fsp3) is 0.467. The maximum atomic E-state index is 11.2. The van der Waals surface area contributed by atoms with Crippen LogP contribution < -0.4 is 10.6 Å². The minimum absolute atomic E-state index is 0.147. The highest BCUT2D eigenvalue weighted by Gasteiger charge is 2.26. The summed E-state index contributed by atoms with van der Waals surface area (Å²) in [4.78, 5) is 22.3. The maximum absolute atomic E-state index is 11.2. The van der Waals surface area contributed by atoms with Crippen molar-refractivity contribution >= 4 is 23.4 Å². The van der Waals surface area contributed by atoms with Crippen molar-refractivity contribution in [3.8, 4) is 0 Å². The number of carboxylic acids is 1. The molecule has 0 aromatic heterocycles. The van der Waals surface area contributed by atoms with Crippen LogP contribution in [0.2, 0.25) is 0 Å². The minimum Gasteiger partial charge on any atom is -0.481 e. The average molecular weight is 292 g/mol. The Kier molecular flexibility index (Phi) is 5.03. The third-order valence-corrected chi connectivity index (χ3v) is 3.69. The van der Waals surface area contributed by atoms with Crippen LogP contribution in [0.1, 0.15) is 25.7 Å². The number of aliphatic carboxylic acids is 1. The Morgan fingerprint density at radius 1 is 1.29 bits per heavy atom. The van der Waals surface area contributed by atoms with Crippen LogP contribution in [0.4, 0.5) is 16.2 Å². The van der Waals surface area contributed by atoms with Gasteiger partial charge in [-0.2, -0.15) is 0 Å². The molecule has 3 N–H and O–H groups in total. The van der Waals surface area contributed by atoms with E-state index in [0.717, 1.165) is 24.9 Å². The van der Waals surface area contributed by atoms with Gasteiger partial charge in [-0.05, 0) is 37.5 Å². The van der Waals surface area contributed by atoms with Crippen LogP contribution in [0.15, 0.2) is 24.3 Å². The molecule has 6 heteroatoms. The van der Waals surface area contributed by atoms with Gasteiger partial charge in [-0.3, -0.25) is 10.1 Å². The molecule has 0 bridgehead atoms. The molecule has 6 nitrogen and oxygen atoms in total. The number of benzene rings is 1. The van der Waals surface area contributed by atoms with E-state index in [1.807, 2.05) is 12.1 Å². The Morgan fingerprint density at radius 3 is 2.76 bits per heavy atom. The Labute approximate surface area is 123 Å². The van der Waals surface area contributed by atoms with Crippen molar-refractivity contribution in [2.75, 3.05) is 17.7 Å².